The summed E-state index contributed by atoms with van der Waals surface area (Å²) in [6.07, 6.45) is -0.267. The standard InChI is InChI=1S/C14H19ClN2O3.ClH/c1-19-13(10-4-2-3-5-11(10)15)8-17-14(18)12-9-20-7-6-16-12;/h2-5,12-13,16H,6-9H2,1H3,(H,17,18);1H. The van der Waals surface area contributed by atoms with Gasteiger partial charge in [-0.2, -0.15) is 0 Å². The Balaban J connectivity index is 0.00000220. The number of benzene rings is 1. The van der Waals surface area contributed by atoms with Crippen molar-refractivity contribution in [3.05, 3.63) is 34.9 Å². The van der Waals surface area contributed by atoms with Crippen LogP contribution in [0.15, 0.2) is 24.3 Å². The van der Waals surface area contributed by atoms with E-state index in [0.29, 0.717) is 31.3 Å². The van der Waals surface area contributed by atoms with Gasteiger partial charge in [-0.3, -0.25) is 4.79 Å². The molecule has 1 aromatic rings. The molecule has 1 amide bonds. The van der Waals surface area contributed by atoms with Crippen LogP contribution < -0.4 is 10.6 Å². The minimum Gasteiger partial charge on any atom is -0.378 e. The Morgan fingerprint density at radius 1 is 1.57 bits per heavy atom. The Kier molecular flexibility index (Phi) is 8.00. The number of ether oxygens (including phenoxy) is 2. The van der Waals surface area contributed by atoms with E-state index in [1.165, 1.54) is 0 Å². The number of morpholine rings is 1. The van der Waals surface area contributed by atoms with Gasteiger partial charge in [-0.05, 0) is 6.07 Å². The first-order valence-corrected chi connectivity index (χ1v) is 6.96. The van der Waals surface area contributed by atoms with Crippen molar-refractivity contribution in [3.63, 3.8) is 0 Å². The number of rotatable bonds is 5. The summed E-state index contributed by atoms with van der Waals surface area (Å²) >= 11 is 6.14. The lowest BCUT2D eigenvalue weighted by atomic mass is 10.1. The number of amides is 1. The fraction of sp³-hybridized carbons (Fsp3) is 0.500. The Morgan fingerprint density at radius 2 is 2.33 bits per heavy atom. The van der Waals surface area contributed by atoms with Crippen molar-refractivity contribution in [2.75, 3.05) is 33.4 Å². The molecule has 2 unspecified atom stereocenters. The van der Waals surface area contributed by atoms with Gasteiger partial charge in [0.25, 0.3) is 0 Å². The second kappa shape index (κ2) is 9.23. The molecule has 1 aliphatic rings. The lowest BCUT2D eigenvalue weighted by Gasteiger charge is -2.24. The van der Waals surface area contributed by atoms with Crippen molar-refractivity contribution in [3.8, 4) is 0 Å². The number of carbonyl (C=O) groups excluding carboxylic acids is 1. The molecule has 2 atom stereocenters. The molecule has 1 aliphatic heterocycles. The van der Waals surface area contributed by atoms with Gasteiger partial charge >= 0.3 is 0 Å². The molecule has 1 saturated heterocycles. The van der Waals surface area contributed by atoms with Crippen LogP contribution in [0.4, 0.5) is 0 Å². The first kappa shape index (κ1) is 18.2. The lowest BCUT2D eigenvalue weighted by Crippen LogP contribution is -2.51. The highest BCUT2D eigenvalue weighted by atomic mass is 35.5. The van der Waals surface area contributed by atoms with Crippen LogP contribution in [0.2, 0.25) is 5.02 Å². The molecule has 0 saturated carbocycles. The normalized spacial score (nSPS) is 19.4. The van der Waals surface area contributed by atoms with E-state index in [1.807, 2.05) is 18.2 Å². The minimum absolute atomic E-state index is 0. The van der Waals surface area contributed by atoms with Crippen LogP contribution >= 0.6 is 24.0 Å². The SMILES string of the molecule is COC(CNC(=O)C1COCCN1)c1ccccc1Cl.Cl. The molecule has 1 fully saturated rings. The summed E-state index contributed by atoms with van der Waals surface area (Å²) in [5.74, 6) is -0.0844. The largest absolute Gasteiger partial charge is 0.378 e. The van der Waals surface area contributed by atoms with Gasteiger partial charge in [0.2, 0.25) is 5.91 Å². The summed E-state index contributed by atoms with van der Waals surface area (Å²) in [7, 11) is 1.60. The van der Waals surface area contributed by atoms with Gasteiger partial charge in [0.15, 0.2) is 0 Å². The maximum absolute atomic E-state index is 12.0. The van der Waals surface area contributed by atoms with Crippen molar-refractivity contribution in [1.29, 1.82) is 0 Å². The molecule has 0 aromatic heterocycles. The fourth-order valence-electron chi connectivity index (χ4n) is 2.11. The molecule has 21 heavy (non-hydrogen) atoms. The average Bonchev–Trinajstić information content (AvgIpc) is 2.50. The molecular weight excluding hydrogens is 315 g/mol. The van der Waals surface area contributed by atoms with E-state index in [0.717, 1.165) is 5.56 Å². The smallest absolute Gasteiger partial charge is 0.239 e. The predicted molar refractivity (Wildman–Crippen MR) is 84.1 cm³/mol. The first-order chi connectivity index (χ1) is 9.72. The van der Waals surface area contributed by atoms with Crippen molar-refractivity contribution >= 4 is 29.9 Å². The van der Waals surface area contributed by atoms with Crippen LogP contribution in [0, 0.1) is 0 Å². The average molecular weight is 335 g/mol. The van der Waals surface area contributed by atoms with Gasteiger partial charge in [-0.25, -0.2) is 0 Å². The maximum atomic E-state index is 12.0. The third kappa shape index (κ3) is 5.13. The number of hydrogen-bond donors (Lipinski definition) is 2. The Morgan fingerprint density at radius 3 is 2.95 bits per heavy atom. The van der Waals surface area contributed by atoms with Gasteiger partial charge in [-0.15, -0.1) is 12.4 Å². The van der Waals surface area contributed by atoms with Gasteiger partial charge in [0.05, 0.1) is 13.2 Å². The van der Waals surface area contributed by atoms with Crippen LogP contribution in [0.5, 0.6) is 0 Å². The number of carbonyl (C=O) groups is 1. The van der Waals surface area contributed by atoms with Gasteiger partial charge < -0.3 is 20.1 Å². The summed E-state index contributed by atoms with van der Waals surface area (Å²) in [6, 6.07) is 7.16. The number of hydrogen-bond acceptors (Lipinski definition) is 4. The molecular formula is C14H20Cl2N2O3. The van der Waals surface area contributed by atoms with Crippen molar-refractivity contribution in [2.24, 2.45) is 0 Å². The van der Waals surface area contributed by atoms with E-state index in [9.17, 15) is 4.79 Å². The summed E-state index contributed by atoms with van der Waals surface area (Å²) < 4.78 is 10.7. The predicted octanol–water partition coefficient (Wildman–Crippen LogP) is 1.55. The highest BCUT2D eigenvalue weighted by molar-refractivity contribution is 6.31. The molecule has 0 aliphatic carbocycles. The van der Waals surface area contributed by atoms with Crippen LogP contribution in [-0.4, -0.2) is 45.4 Å². The summed E-state index contributed by atoms with van der Waals surface area (Å²) in [5.41, 5.74) is 0.866. The molecule has 0 spiro atoms. The van der Waals surface area contributed by atoms with E-state index in [2.05, 4.69) is 10.6 Å². The third-order valence-corrected chi connectivity index (χ3v) is 3.58. The molecule has 118 valence electrons. The molecule has 7 heteroatoms. The molecule has 1 aromatic carbocycles. The van der Waals surface area contributed by atoms with Gasteiger partial charge in [0, 0.05) is 30.8 Å². The second-order valence-electron chi connectivity index (χ2n) is 4.57. The maximum Gasteiger partial charge on any atom is 0.239 e. The monoisotopic (exact) mass is 334 g/mol. The molecule has 2 N–H and O–H groups in total. The minimum atomic E-state index is -0.299. The summed E-state index contributed by atoms with van der Waals surface area (Å²) in [6.45, 7) is 2.10. The second-order valence-corrected chi connectivity index (χ2v) is 4.98. The van der Waals surface area contributed by atoms with E-state index in [-0.39, 0.29) is 30.5 Å². The highest BCUT2D eigenvalue weighted by Crippen LogP contribution is 2.24. The molecule has 5 nitrogen and oxygen atoms in total. The van der Waals surface area contributed by atoms with Crippen molar-refractivity contribution in [1.82, 2.24) is 10.6 Å². The van der Waals surface area contributed by atoms with Crippen LogP contribution in [0.25, 0.3) is 0 Å². The van der Waals surface area contributed by atoms with Crippen LogP contribution in [0.3, 0.4) is 0 Å². The van der Waals surface area contributed by atoms with E-state index < -0.39 is 0 Å². The molecule has 1 heterocycles. The van der Waals surface area contributed by atoms with Gasteiger partial charge in [-0.1, -0.05) is 29.8 Å². The Bertz CT molecular complexity index is 454. The lowest BCUT2D eigenvalue weighted by molar-refractivity contribution is -0.126. The first-order valence-electron chi connectivity index (χ1n) is 6.58. The number of halogens is 2. The molecule has 0 radical (unpaired) electrons. The van der Waals surface area contributed by atoms with Crippen LogP contribution in [-0.2, 0) is 14.3 Å². The van der Waals surface area contributed by atoms with E-state index in [1.54, 1.807) is 13.2 Å². The zero-order valence-corrected chi connectivity index (χ0v) is 13.4. The van der Waals surface area contributed by atoms with E-state index >= 15 is 0 Å². The zero-order valence-electron chi connectivity index (χ0n) is 11.8. The van der Waals surface area contributed by atoms with Gasteiger partial charge in [0.1, 0.15) is 12.1 Å². The van der Waals surface area contributed by atoms with Crippen LogP contribution in [0.1, 0.15) is 11.7 Å². The highest BCUT2D eigenvalue weighted by Gasteiger charge is 2.22. The summed E-state index contributed by atoms with van der Waals surface area (Å²) in [5, 5.41) is 6.60. The molecule has 0 bridgehead atoms. The third-order valence-electron chi connectivity index (χ3n) is 3.24. The van der Waals surface area contributed by atoms with Crippen molar-refractivity contribution in [2.45, 2.75) is 12.1 Å². The van der Waals surface area contributed by atoms with E-state index in [4.69, 9.17) is 21.1 Å². The number of methoxy groups -OCH3 is 1. The van der Waals surface area contributed by atoms with Crippen molar-refractivity contribution < 1.29 is 14.3 Å². The Hall–Kier alpha value is -0.850. The Labute approximate surface area is 135 Å². The topological polar surface area (TPSA) is 59.6 Å². The zero-order chi connectivity index (χ0) is 14.4. The quantitative estimate of drug-likeness (QED) is 0.857. The molecule has 2 rings (SSSR count). The fourth-order valence-corrected chi connectivity index (χ4v) is 2.36. The summed E-state index contributed by atoms with van der Waals surface area (Å²) in [4.78, 5) is 12.0. The number of nitrogens with one attached hydrogen (secondary N) is 2.